The average Bonchev–Trinajstić information content (AvgIpc) is 2.69. The highest BCUT2D eigenvalue weighted by Crippen LogP contribution is 2.08. The third-order valence-electron chi connectivity index (χ3n) is 2.93. The second-order valence-electron chi connectivity index (χ2n) is 4.63. The van der Waals surface area contributed by atoms with E-state index < -0.39 is 10.0 Å². The van der Waals surface area contributed by atoms with Crippen LogP contribution in [0.2, 0.25) is 0 Å². The lowest BCUT2D eigenvalue weighted by molar-refractivity contribution is 0.171. The monoisotopic (exact) mass is 264 g/mol. The molecule has 0 aromatic rings. The zero-order valence-electron chi connectivity index (χ0n) is 10.7. The predicted molar refractivity (Wildman–Crippen MR) is 68.5 cm³/mol. The van der Waals surface area contributed by atoms with Crippen LogP contribution in [0.25, 0.3) is 0 Å². The SMILES string of the molecule is CCCC(COC)NS(=O)(=O)CC1CCCN1. The molecule has 2 N–H and O–H groups in total. The molecule has 6 heteroatoms. The molecule has 0 spiro atoms. The highest BCUT2D eigenvalue weighted by atomic mass is 32.2. The van der Waals surface area contributed by atoms with Crippen LogP contribution in [0, 0.1) is 0 Å². The van der Waals surface area contributed by atoms with E-state index in [-0.39, 0.29) is 17.8 Å². The highest BCUT2D eigenvalue weighted by molar-refractivity contribution is 7.89. The van der Waals surface area contributed by atoms with Crippen molar-refractivity contribution < 1.29 is 13.2 Å². The number of ether oxygens (including phenoxy) is 1. The third-order valence-corrected chi connectivity index (χ3v) is 4.47. The average molecular weight is 264 g/mol. The van der Waals surface area contributed by atoms with Crippen LogP contribution in [-0.4, -0.2) is 46.5 Å². The third kappa shape index (κ3) is 5.81. The second-order valence-corrected chi connectivity index (χ2v) is 6.43. The molecule has 1 fully saturated rings. The van der Waals surface area contributed by atoms with E-state index in [4.69, 9.17) is 4.74 Å². The van der Waals surface area contributed by atoms with Crippen molar-refractivity contribution in [2.24, 2.45) is 0 Å². The molecule has 2 atom stereocenters. The first-order chi connectivity index (χ1) is 8.07. The molecule has 17 heavy (non-hydrogen) atoms. The van der Waals surface area contributed by atoms with Gasteiger partial charge in [0.25, 0.3) is 0 Å². The summed E-state index contributed by atoms with van der Waals surface area (Å²) >= 11 is 0. The maximum Gasteiger partial charge on any atom is 0.213 e. The van der Waals surface area contributed by atoms with Crippen molar-refractivity contribution in [3.8, 4) is 0 Å². The summed E-state index contributed by atoms with van der Waals surface area (Å²) in [5.41, 5.74) is 0. The molecule has 1 heterocycles. The largest absolute Gasteiger partial charge is 0.383 e. The maximum atomic E-state index is 11.9. The van der Waals surface area contributed by atoms with Gasteiger partial charge in [-0.05, 0) is 25.8 Å². The van der Waals surface area contributed by atoms with Crippen LogP contribution in [0.3, 0.4) is 0 Å². The topological polar surface area (TPSA) is 67.4 Å². The van der Waals surface area contributed by atoms with Crippen LogP contribution in [-0.2, 0) is 14.8 Å². The maximum absolute atomic E-state index is 11.9. The standard InChI is InChI=1S/C11H24N2O3S/c1-3-5-10(8-16-2)13-17(14,15)9-11-6-4-7-12-11/h10-13H,3-9H2,1-2H3. The van der Waals surface area contributed by atoms with Gasteiger partial charge in [-0.15, -0.1) is 0 Å². The van der Waals surface area contributed by atoms with Crippen LogP contribution >= 0.6 is 0 Å². The van der Waals surface area contributed by atoms with Gasteiger partial charge in [-0.1, -0.05) is 13.3 Å². The smallest absolute Gasteiger partial charge is 0.213 e. The van der Waals surface area contributed by atoms with Crippen molar-refractivity contribution in [2.45, 2.75) is 44.7 Å². The van der Waals surface area contributed by atoms with Crippen molar-refractivity contribution in [1.82, 2.24) is 10.0 Å². The highest BCUT2D eigenvalue weighted by Gasteiger charge is 2.24. The van der Waals surface area contributed by atoms with E-state index in [1.807, 2.05) is 6.92 Å². The molecule has 0 radical (unpaired) electrons. The zero-order valence-corrected chi connectivity index (χ0v) is 11.6. The molecule has 2 unspecified atom stereocenters. The Labute approximate surface area is 104 Å². The Bertz CT molecular complexity index is 294. The Balaban J connectivity index is 2.44. The number of methoxy groups -OCH3 is 1. The van der Waals surface area contributed by atoms with Crippen LogP contribution in [0.1, 0.15) is 32.6 Å². The van der Waals surface area contributed by atoms with Crippen LogP contribution in [0.4, 0.5) is 0 Å². The fourth-order valence-electron chi connectivity index (χ4n) is 2.19. The molecule has 0 amide bonds. The minimum absolute atomic E-state index is 0.101. The first-order valence-corrected chi connectivity index (χ1v) is 7.95. The van der Waals surface area contributed by atoms with E-state index in [0.29, 0.717) is 6.61 Å². The number of rotatable bonds is 8. The van der Waals surface area contributed by atoms with Gasteiger partial charge in [0, 0.05) is 19.2 Å². The van der Waals surface area contributed by atoms with Gasteiger partial charge in [0.15, 0.2) is 0 Å². The van der Waals surface area contributed by atoms with E-state index in [9.17, 15) is 8.42 Å². The molecule has 0 bridgehead atoms. The Morgan fingerprint density at radius 2 is 2.29 bits per heavy atom. The van der Waals surface area contributed by atoms with Gasteiger partial charge in [0.2, 0.25) is 10.0 Å². The Hall–Kier alpha value is -0.170. The first-order valence-electron chi connectivity index (χ1n) is 6.29. The lowest BCUT2D eigenvalue weighted by Crippen LogP contribution is -2.43. The number of hydrogen-bond acceptors (Lipinski definition) is 4. The fourth-order valence-corrected chi connectivity index (χ4v) is 3.80. The summed E-state index contributed by atoms with van der Waals surface area (Å²) in [5, 5.41) is 3.20. The summed E-state index contributed by atoms with van der Waals surface area (Å²) in [7, 11) is -1.61. The number of nitrogens with one attached hydrogen (secondary N) is 2. The quantitative estimate of drug-likeness (QED) is 0.669. The van der Waals surface area contributed by atoms with Gasteiger partial charge in [-0.3, -0.25) is 0 Å². The van der Waals surface area contributed by atoms with Crippen LogP contribution < -0.4 is 10.0 Å². The normalized spacial score (nSPS) is 22.8. The summed E-state index contributed by atoms with van der Waals surface area (Å²) in [4.78, 5) is 0. The predicted octanol–water partition coefficient (Wildman–Crippen LogP) is 0.473. The van der Waals surface area contributed by atoms with Gasteiger partial charge in [0.1, 0.15) is 0 Å². The summed E-state index contributed by atoms with van der Waals surface area (Å²) in [6.07, 6.45) is 3.77. The zero-order chi connectivity index (χ0) is 12.7. The Kier molecular flexibility index (Phi) is 6.40. The van der Waals surface area contributed by atoms with E-state index in [1.165, 1.54) is 0 Å². The van der Waals surface area contributed by atoms with Gasteiger partial charge in [-0.2, -0.15) is 0 Å². The molecule has 0 aliphatic carbocycles. The Morgan fingerprint density at radius 3 is 2.82 bits per heavy atom. The molecule has 0 saturated carbocycles. The number of sulfonamides is 1. The second kappa shape index (κ2) is 7.31. The van der Waals surface area contributed by atoms with Crippen molar-refractivity contribution in [3.05, 3.63) is 0 Å². The molecular formula is C11H24N2O3S. The van der Waals surface area contributed by atoms with E-state index in [2.05, 4.69) is 10.0 Å². The fraction of sp³-hybridized carbons (Fsp3) is 1.00. The molecule has 0 aromatic carbocycles. The lowest BCUT2D eigenvalue weighted by atomic mass is 10.2. The van der Waals surface area contributed by atoms with Gasteiger partial charge >= 0.3 is 0 Å². The summed E-state index contributed by atoms with van der Waals surface area (Å²) in [6.45, 7) is 3.40. The minimum atomic E-state index is -3.20. The molecule has 1 aliphatic rings. The van der Waals surface area contributed by atoms with E-state index in [0.717, 1.165) is 32.2 Å². The van der Waals surface area contributed by atoms with Crippen molar-refractivity contribution in [3.63, 3.8) is 0 Å². The minimum Gasteiger partial charge on any atom is -0.383 e. The van der Waals surface area contributed by atoms with Crippen molar-refractivity contribution in [1.29, 1.82) is 0 Å². The molecule has 102 valence electrons. The summed E-state index contributed by atoms with van der Waals surface area (Å²) < 4.78 is 31.6. The van der Waals surface area contributed by atoms with Crippen molar-refractivity contribution >= 4 is 10.0 Å². The molecule has 1 rings (SSSR count). The van der Waals surface area contributed by atoms with E-state index >= 15 is 0 Å². The Morgan fingerprint density at radius 1 is 1.53 bits per heavy atom. The van der Waals surface area contributed by atoms with Crippen molar-refractivity contribution in [2.75, 3.05) is 26.0 Å². The van der Waals surface area contributed by atoms with Gasteiger partial charge < -0.3 is 10.1 Å². The molecular weight excluding hydrogens is 240 g/mol. The molecule has 0 aromatic heterocycles. The first kappa shape index (κ1) is 14.9. The lowest BCUT2D eigenvalue weighted by Gasteiger charge is -2.19. The molecule has 5 nitrogen and oxygen atoms in total. The number of hydrogen-bond donors (Lipinski definition) is 2. The van der Waals surface area contributed by atoms with E-state index in [1.54, 1.807) is 7.11 Å². The summed E-state index contributed by atoms with van der Waals surface area (Å²) in [5.74, 6) is 0.178. The summed E-state index contributed by atoms with van der Waals surface area (Å²) in [6, 6.07) is 0.00808. The van der Waals surface area contributed by atoms with Gasteiger partial charge in [0.05, 0.1) is 12.4 Å². The molecule has 1 saturated heterocycles. The van der Waals surface area contributed by atoms with Crippen LogP contribution in [0.15, 0.2) is 0 Å². The van der Waals surface area contributed by atoms with Crippen LogP contribution in [0.5, 0.6) is 0 Å². The van der Waals surface area contributed by atoms with Gasteiger partial charge in [-0.25, -0.2) is 13.1 Å². The molecule has 1 aliphatic heterocycles.